The van der Waals surface area contributed by atoms with Crippen LogP contribution in [0, 0.1) is 0 Å². The van der Waals surface area contributed by atoms with Crippen LogP contribution in [0.3, 0.4) is 0 Å². The van der Waals surface area contributed by atoms with Crippen LogP contribution in [0.4, 0.5) is 0 Å². The molecule has 0 radical (unpaired) electrons. The van der Waals surface area contributed by atoms with Crippen molar-refractivity contribution in [2.75, 3.05) is 19.7 Å². The Morgan fingerprint density at radius 1 is 1.22 bits per heavy atom. The summed E-state index contributed by atoms with van der Waals surface area (Å²) in [5.41, 5.74) is 3.51. The molecule has 0 bridgehead atoms. The van der Waals surface area contributed by atoms with E-state index in [2.05, 4.69) is 32.2 Å². The minimum atomic E-state index is 0.483. The molecule has 1 aliphatic rings. The molecule has 2 aromatic heterocycles. The van der Waals surface area contributed by atoms with E-state index in [-0.39, 0.29) is 0 Å². The standard InChI is InChI=1S/C21H23ClN4O/c22-19-5-1-2-6-21(19)27-11-8-18-12-20(25-24-18)17-7-10-26(15-17)14-16-4-3-9-23-13-16/h1-6,9,12-13,17H,7-8,10-11,14-15H2,(H,24,25)/t17-/m1/s1. The minimum absolute atomic E-state index is 0.483. The monoisotopic (exact) mass is 382 g/mol. The Bertz CT molecular complexity index is 867. The third-order valence-electron chi connectivity index (χ3n) is 4.94. The molecule has 5 nitrogen and oxygen atoms in total. The number of halogens is 1. The fraction of sp³-hybridized carbons (Fsp3) is 0.333. The highest BCUT2D eigenvalue weighted by Crippen LogP contribution is 2.27. The Morgan fingerprint density at radius 3 is 3.00 bits per heavy atom. The molecule has 1 aliphatic heterocycles. The molecular formula is C21H23ClN4O. The summed E-state index contributed by atoms with van der Waals surface area (Å²) >= 11 is 6.11. The van der Waals surface area contributed by atoms with Crippen molar-refractivity contribution in [3.63, 3.8) is 0 Å². The van der Waals surface area contributed by atoms with Crippen LogP contribution < -0.4 is 4.74 Å². The molecule has 1 saturated heterocycles. The highest BCUT2D eigenvalue weighted by Gasteiger charge is 2.25. The van der Waals surface area contributed by atoms with Gasteiger partial charge in [-0.05, 0) is 42.8 Å². The van der Waals surface area contributed by atoms with Crippen LogP contribution in [-0.2, 0) is 13.0 Å². The van der Waals surface area contributed by atoms with Gasteiger partial charge in [-0.15, -0.1) is 0 Å². The van der Waals surface area contributed by atoms with Gasteiger partial charge in [0.2, 0.25) is 0 Å². The van der Waals surface area contributed by atoms with Crippen LogP contribution in [0.15, 0.2) is 54.9 Å². The average molecular weight is 383 g/mol. The fourth-order valence-corrected chi connectivity index (χ4v) is 3.71. The number of para-hydroxylation sites is 1. The van der Waals surface area contributed by atoms with Crippen molar-refractivity contribution >= 4 is 11.6 Å². The topological polar surface area (TPSA) is 54.0 Å². The normalized spacial score (nSPS) is 17.3. The molecule has 0 spiro atoms. The van der Waals surface area contributed by atoms with Crippen LogP contribution in [0.2, 0.25) is 5.02 Å². The number of ether oxygens (including phenoxy) is 1. The summed E-state index contributed by atoms with van der Waals surface area (Å²) < 4.78 is 5.77. The van der Waals surface area contributed by atoms with Gasteiger partial charge in [0.1, 0.15) is 5.75 Å². The van der Waals surface area contributed by atoms with E-state index >= 15 is 0 Å². The van der Waals surface area contributed by atoms with E-state index in [9.17, 15) is 0 Å². The van der Waals surface area contributed by atoms with Crippen molar-refractivity contribution in [2.45, 2.75) is 25.3 Å². The van der Waals surface area contributed by atoms with Gasteiger partial charge in [0.05, 0.1) is 17.3 Å². The molecule has 0 amide bonds. The number of nitrogens with zero attached hydrogens (tertiary/aromatic N) is 3. The highest BCUT2D eigenvalue weighted by molar-refractivity contribution is 6.32. The lowest BCUT2D eigenvalue weighted by Crippen LogP contribution is -2.19. The molecule has 0 saturated carbocycles. The molecule has 3 heterocycles. The van der Waals surface area contributed by atoms with E-state index < -0.39 is 0 Å². The van der Waals surface area contributed by atoms with Gasteiger partial charge in [-0.1, -0.05) is 29.8 Å². The number of benzene rings is 1. The van der Waals surface area contributed by atoms with Crippen LogP contribution >= 0.6 is 11.6 Å². The molecule has 6 heteroatoms. The Morgan fingerprint density at radius 2 is 2.15 bits per heavy atom. The molecule has 1 atom stereocenters. The lowest BCUT2D eigenvalue weighted by atomic mass is 10.0. The molecule has 1 N–H and O–H groups in total. The molecule has 0 aliphatic carbocycles. The van der Waals surface area contributed by atoms with Crippen molar-refractivity contribution < 1.29 is 4.74 Å². The van der Waals surface area contributed by atoms with Gasteiger partial charge in [0.25, 0.3) is 0 Å². The lowest BCUT2D eigenvalue weighted by molar-refractivity contribution is 0.320. The van der Waals surface area contributed by atoms with Crippen molar-refractivity contribution in [1.82, 2.24) is 20.1 Å². The first-order chi connectivity index (χ1) is 13.3. The summed E-state index contributed by atoms with van der Waals surface area (Å²) in [5.74, 6) is 1.21. The van der Waals surface area contributed by atoms with Gasteiger partial charge in [-0.25, -0.2) is 0 Å². The number of hydrogen-bond donors (Lipinski definition) is 1. The SMILES string of the molecule is Clc1ccccc1OCCc1cc([C@@H]2CCN(Cc3cccnc3)C2)n[nH]1. The largest absolute Gasteiger partial charge is 0.492 e. The maximum absolute atomic E-state index is 6.11. The summed E-state index contributed by atoms with van der Waals surface area (Å²) in [4.78, 5) is 6.67. The van der Waals surface area contributed by atoms with Crippen LogP contribution in [0.25, 0.3) is 0 Å². The third-order valence-corrected chi connectivity index (χ3v) is 5.25. The smallest absolute Gasteiger partial charge is 0.137 e. The second-order valence-corrected chi connectivity index (χ2v) is 7.34. The quantitative estimate of drug-likeness (QED) is 0.669. The molecule has 140 valence electrons. The van der Waals surface area contributed by atoms with Crippen LogP contribution in [0.5, 0.6) is 5.75 Å². The second-order valence-electron chi connectivity index (χ2n) is 6.93. The molecule has 3 aromatic rings. The zero-order valence-corrected chi connectivity index (χ0v) is 15.9. The average Bonchev–Trinajstić information content (AvgIpc) is 3.34. The first-order valence-electron chi connectivity index (χ1n) is 9.31. The minimum Gasteiger partial charge on any atom is -0.492 e. The third kappa shape index (κ3) is 4.67. The van der Waals surface area contributed by atoms with Gasteiger partial charge in [0.15, 0.2) is 0 Å². The second kappa shape index (κ2) is 8.55. The number of likely N-dealkylation sites (tertiary alicyclic amines) is 1. The number of aromatic nitrogens is 3. The van der Waals surface area contributed by atoms with Gasteiger partial charge in [-0.2, -0.15) is 5.10 Å². The summed E-state index contributed by atoms with van der Waals surface area (Å²) in [7, 11) is 0. The highest BCUT2D eigenvalue weighted by atomic mass is 35.5. The van der Waals surface area contributed by atoms with Crippen LogP contribution in [0.1, 0.15) is 29.3 Å². The summed E-state index contributed by atoms with van der Waals surface area (Å²) in [5, 5.41) is 8.33. The van der Waals surface area contributed by atoms with Crippen molar-refractivity contribution in [3.8, 4) is 5.75 Å². The first kappa shape index (κ1) is 18.0. The number of pyridine rings is 1. The predicted octanol–water partition coefficient (Wildman–Crippen LogP) is 4.07. The number of nitrogens with one attached hydrogen (secondary N) is 1. The number of aromatic amines is 1. The molecule has 1 aromatic carbocycles. The Hall–Kier alpha value is -2.37. The fourth-order valence-electron chi connectivity index (χ4n) is 3.52. The van der Waals surface area contributed by atoms with E-state index in [0.717, 1.165) is 49.6 Å². The van der Waals surface area contributed by atoms with Crippen molar-refractivity contribution in [3.05, 3.63) is 76.8 Å². The summed E-state index contributed by atoms with van der Waals surface area (Å²) in [6, 6.07) is 13.8. The summed E-state index contributed by atoms with van der Waals surface area (Å²) in [6.45, 7) is 3.66. The molecule has 27 heavy (non-hydrogen) atoms. The molecule has 1 fully saturated rings. The number of rotatable bonds is 7. The molecule has 4 rings (SSSR count). The number of H-pyrrole nitrogens is 1. The first-order valence-corrected chi connectivity index (χ1v) is 9.68. The number of hydrogen-bond acceptors (Lipinski definition) is 4. The lowest BCUT2D eigenvalue weighted by Gasteiger charge is -2.15. The Kier molecular flexibility index (Phi) is 5.70. The van der Waals surface area contributed by atoms with Gasteiger partial charge in [0, 0.05) is 43.5 Å². The zero-order valence-electron chi connectivity index (χ0n) is 15.1. The van der Waals surface area contributed by atoms with E-state index in [1.165, 1.54) is 5.56 Å². The van der Waals surface area contributed by atoms with Crippen LogP contribution in [-0.4, -0.2) is 39.8 Å². The van der Waals surface area contributed by atoms with Crippen molar-refractivity contribution in [1.29, 1.82) is 0 Å². The van der Waals surface area contributed by atoms with E-state index in [0.29, 0.717) is 17.5 Å². The van der Waals surface area contributed by atoms with E-state index in [1.807, 2.05) is 42.7 Å². The maximum atomic E-state index is 6.11. The van der Waals surface area contributed by atoms with Gasteiger partial charge >= 0.3 is 0 Å². The summed E-state index contributed by atoms with van der Waals surface area (Å²) in [6.07, 6.45) is 5.68. The molecule has 0 unspecified atom stereocenters. The zero-order chi connectivity index (χ0) is 18.5. The maximum Gasteiger partial charge on any atom is 0.137 e. The van der Waals surface area contributed by atoms with Gasteiger partial charge < -0.3 is 4.74 Å². The van der Waals surface area contributed by atoms with Crippen molar-refractivity contribution in [2.24, 2.45) is 0 Å². The Balaban J connectivity index is 1.27. The van der Waals surface area contributed by atoms with Gasteiger partial charge in [-0.3, -0.25) is 15.0 Å². The Labute approximate surface area is 164 Å². The van der Waals surface area contributed by atoms with E-state index in [4.69, 9.17) is 16.3 Å². The molecular weight excluding hydrogens is 360 g/mol. The predicted molar refractivity (Wildman–Crippen MR) is 106 cm³/mol. The van der Waals surface area contributed by atoms with E-state index in [1.54, 1.807) is 0 Å².